The lowest BCUT2D eigenvalue weighted by Crippen LogP contribution is -2.55. The number of anilines is 1. The molecule has 1 saturated heterocycles. The number of imidazole rings is 1. The average Bonchev–Trinajstić information content (AvgIpc) is 2.96. The zero-order chi connectivity index (χ0) is 18.7. The van der Waals surface area contributed by atoms with Crippen molar-refractivity contribution in [2.75, 3.05) is 45.2 Å². The molecule has 1 aliphatic rings. The zero-order valence-electron chi connectivity index (χ0n) is 14.9. The number of ether oxygens (including phenoxy) is 1. The lowest BCUT2D eigenvalue weighted by Gasteiger charge is -2.31. The molecule has 9 nitrogen and oxygen atoms in total. The van der Waals surface area contributed by atoms with Crippen LogP contribution in [0.25, 0.3) is 11.0 Å². The quantitative estimate of drug-likeness (QED) is 0.628. The molecule has 3 rings (SSSR count). The van der Waals surface area contributed by atoms with Crippen molar-refractivity contribution in [1.29, 1.82) is 0 Å². The molecule has 0 radical (unpaired) electrons. The second-order valence-corrected chi connectivity index (χ2v) is 6.21. The fourth-order valence-corrected chi connectivity index (χ4v) is 3.04. The van der Waals surface area contributed by atoms with Gasteiger partial charge >= 0.3 is 5.97 Å². The number of rotatable bonds is 6. The molecule has 0 aliphatic carbocycles. The minimum Gasteiger partial charge on any atom is -0.480 e. The number of carboxylic acids is 1. The molecule has 140 valence electrons. The summed E-state index contributed by atoms with van der Waals surface area (Å²) < 4.78 is 6.95. The predicted molar refractivity (Wildman–Crippen MR) is 96.4 cm³/mol. The minimum atomic E-state index is -0.950. The van der Waals surface area contributed by atoms with Gasteiger partial charge in [-0.3, -0.25) is 9.59 Å². The first kappa shape index (κ1) is 18.2. The van der Waals surface area contributed by atoms with Gasteiger partial charge in [-0.25, -0.2) is 4.98 Å². The summed E-state index contributed by atoms with van der Waals surface area (Å²) in [4.78, 5) is 30.0. The Morgan fingerprint density at radius 3 is 3.00 bits per heavy atom. The van der Waals surface area contributed by atoms with Crippen LogP contribution < -0.4 is 10.6 Å². The summed E-state index contributed by atoms with van der Waals surface area (Å²) in [5.41, 5.74) is 2.12. The second-order valence-electron chi connectivity index (χ2n) is 6.21. The highest BCUT2D eigenvalue weighted by atomic mass is 16.5. The number of methoxy groups -OCH3 is 1. The van der Waals surface area contributed by atoms with Gasteiger partial charge in [0.1, 0.15) is 6.04 Å². The van der Waals surface area contributed by atoms with E-state index in [1.165, 1.54) is 0 Å². The summed E-state index contributed by atoms with van der Waals surface area (Å²) >= 11 is 0. The van der Waals surface area contributed by atoms with E-state index in [2.05, 4.69) is 15.6 Å². The third-order valence-corrected chi connectivity index (χ3v) is 4.48. The summed E-state index contributed by atoms with van der Waals surface area (Å²) in [7, 11) is 3.54. The Labute approximate surface area is 150 Å². The van der Waals surface area contributed by atoms with Crippen molar-refractivity contribution >= 4 is 28.9 Å². The molecule has 1 amide bonds. The summed E-state index contributed by atoms with van der Waals surface area (Å²) in [6.07, 6.45) is 0. The third kappa shape index (κ3) is 3.63. The molecule has 1 atom stereocenters. The number of carbonyl (C=O) groups is 2. The first-order valence-corrected chi connectivity index (χ1v) is 8.46. The Kier molecular flexibility index (Phi) is 5.38. The number of carboxylic acid groups (broad SMARTS) is 1. The normalized spacial score (nSPS) is 17.5. The van der Waals surface area contributed by atoms with Gasteiger partial charge in [-0.05, 0) is 18.2 Å². The predicted octanol–water partition coefficient (Wildman–Crippen LogP) is 0.130. The third-order valence-electron chi connectivity index (χ3n) is 4.48. The molecular formula is C17H23N5O4. The SMILES string of the molecule is COCCNc1nc2cc(C(=O)N3CCNC(C(=O)O)C3)ccc2n1C. The monoisotopic (exact) mass is 361 g/mol. The van der Waals surface area contributed by atoms with Crippen molar-refractivity contribution in [3.63, 3.8) is 0 Å². The molecule has 0 spiro atoms. The number of aromatic nitrogens is 2. The smallest absolute Gasteiger partial charge is 0.322 e. The van der Waals surface area contributed by atoms with E-state index in [1.807, 2.05) is 17.7 Å². The van der Waals surface area contributed by atoms with Crippen molar-refractivity contribution in [2.24, 2.45) is 7.05 Å². The molecule has 2 heterocycles. The second kappa shape index (κ2) is 7.71. The number of amides is 1. The van der Waals surface area contributed by atoms with Crippen LogP contribution in [0.3, 0.4) is 0 Å². The number of benzene rings is 1. The van der Waals surface area contributed by atoms with Crippen LogP contribution in [0, 0.1) is 0 Å². The van der Waals surface area contributed by atoms with E-state index in [1.54, 1.807) is 24.1 Å². The van der Waals surface area contributed by atoms with Gasteiger partial charge in [0, 0.05) is 45.9 Å². The molecule has 1 aromatic heterocycles. The van der Waals surface area contributed by atoms with Crippen LogP contribution in [-0.4, -0.2) is 77.4 Å². The number of carbonyl (C=O) groups excluding carboxylic acids is 1. The van der Waals surface area contributed by atoms with Crippen LogP contribution in [0.4, 0.5) is 5.95 Å². The highest BCUT2D eigenvalue weighted by Crippen LogP contribution is 2.20. The number of fused-ring (bicyclic) bond motifs is 1. The van der Waals surface area contributed by atoms with Gasteiger partial charge in [-0.15, -0.1) is 0 Å². The van der Waals surface area contributed by atoms with Gasteiger partial charge < -0.3 is 29.9 Å². The Hall–Kier alpha value is -2.65. The molecule has 0 bridgehead atoms. The summed E-state index contributed by atoms with van der Waals surface area (Å²) in [6, 6.07) is 4.62. The summed E-state index contributed by atoms with van der Waals surface area (Å²) in [5, 5.41) is 15.2. The van der Waals surface area contributed by atoms with Crippen LogP contribution in [0.2, 0.25) is 0 Å². The number of hydrogen-bond acceptors (Lipinski definition) is 6. The molecule has 1 aliphatic heterocycles. The molecule has 2 aromatic rings. The van der Waals surface area contributed by atoms with Crippen molar-refractivity contribution in [3.05, 3.63) is 23.8 Å². The molecule has 1 fully saturated rings. The van der Waals surface area contributed by atoms with Crippen LogP contribution >= 0.6 is 0 Å². The molecule has 3 N–H and O–H groups in total. The number of aryl methyl sites for hydroxylation is 1. The molecule has 1 aromatic carbocycles. The number of aliphatic carboxylic acids is 1. The molecular weight excluding hydrogens is 338 g/mol. The van der Waals surface area contributed by atoms with Crippen molar-refractivity contribution in [1.82, 2.24) is 19.8 Å². The van der Waals surface area contributed by atoms with Crippen molar-refractivity contribution in [2.45, 2.75) is 6.04 Å². The van der Waals surface area contributed by atoms with Gasteiger partial charge in [0.05, 0.1) is 17.6 Å². The Morgan fingerprint density at radius 1 is 1.46 bits per heavy atom. The maximum atomic E-state index is 12.8. The van der Waals surface area contributed by atoms with Gasteiger partial charge in [0.2, 0.25) is 5.95 Å². The largest absolute Gasteiger partial charge is 0.480 e. The molecule has 0 saturated carbocycles. The van der Waals surface area contributed by atoms with Gasteiger partial charge in [0.15, 0.2) is 0 Å². The van der Waals surface area contributed by atoms with E-state index in [0.29, 0.717) is 43.3 Å². The van der Waals surface area contributed by atoms with Crippen LogP contribution in [0.15, 0.2) is 18.2 Å². The van der Waals surface area contributed by atoms with Crippen LogP contribution in [0.1, 0.15) is 10.4 Å². The van der Waals surface area contributed by atoms with Gasteiger partial charge in [-0.1, -0.05) is 0 Å². The Bertz CT molecular complexity index is 819. The fraction of sp³-hybridized carbons (Fsp3) is 0.471. The highest BCUT2D eigenvalue weighted by molar-refractivity contribution is 5.98. The zero-order valence-corrected chi connectivity index (χ0v) is 14.9. The molecule has 1 unspecified atom stereocenters. The number of nitrogens with one attached hydrogen (secondary N) is 2. The maximum absolute atomic E-state index is 12.8. The van der Waals surface area contributed by atoms with Crippen molar-refractivity contribution < 1.29 is 19.4 Å². The number of nitrogens with zero attached hydrogens (tertiary/aromatic N) is 3. The topological polar surface area (TPSA) is 109 Å². The van der Waals surface area contributed by atoms with Gasteiger partial charge in [-0.2, -0.15) is 0 Å². The van der Waals surface area contributed by atoms with E-state index in [9.17, 15) is 9.59 Å². The van der Waals surface area contributed by atoms with Gasteiger partial charge in [0.25, 0.3) is 5.91 Å². The fourth-order valence-electron chi connectivity index (χ4n) is 3.04. The lowest BCUT2D eigenvalue weighted by atomic mass is 10.1. The number of piperazine rings is 1. The Balaban J connectivity index is 1.79. The molecule has 26 heavy (non-hydrogen) atoms. The summed E-state index contributed by atoms with van der Waals surface area (Å²) in [5.74, 6) is -0.427. The molecule has 9 heteroatoms. The maximum Gasteiger partial charge on any atom is 0.322 e. The van der Waals surface area contributed by atoms with Crippen LogP contribution in [0.5, 0.6) is 0 Å². The summed E-state index contributed by atoms with van der Waals surface area (Å²) in [6.45, 7) is 2.30. The first-order valence-electron chi connectivity index (χ1n) is 8.46. The van der Waals surface area contributed by atoms with E-state index < -0.39 is 12.0 Å². The highest BCUT2D eigenvalue weighted by Gasteiger charge is 2.28. The van der Waals surface area contributed by atoms with E-state index in [0.717, 1.165) is 5.52 Å². The Morgan fingerprint density at radius 2 is 2.27 bits per heavy atom. The van der Waals surface area contributed by atoms with E-state index in [-0.39, 0.29) is 12.5 Å². The van der Waals surface area contributed by atoms with E-state index in [4.69, 9.17) is 9.84 Å². The number of hydrogen-bond donors (Lipinski definition) is 3. The average molecular weight is 361 g/mol. The minimum absolute atomic E-state index is 0.151. The van der Waals surface area contributed by atoms with Crippen LogP contribution in [-0.2, 0) is 16.6 Å². The first-order chi connectivity index (χ1) is 12.5. The lowest BCUT2D eigenvalue weighted by molar-refractivity contribution is -0.140. The standard InChI is InChI=1S/C17H23N5O4/c1-21-14-4-3-11(9-12(14)20-17(21)19-6-8-26-2)15(23)22-7-5-18-13(10-22)16(24)25/h3-4,9,13,18H,5-8,10H2,1-2H3,(H,19,20)(H,24,25). The van der Waals surface area contributed by atoms with Crippen molar-refractivity contribution in [3.8, 4) is 0 Å². The van der Waals surface area contributed by atoms with E-state index >= 15 is 0 Å².